The predicted octanol–water partition coefficient (Wildman–Crippen LogP) is 4.56. The molecule has 4 rings (SSSR count). The Bertz CT molecular complexity index is 1130. The number of benzene rings is 3. The van der Waals surface area contributed by atoms with Gasteiger partial charge in [-0.15, -0.1) is 0 Å². The van der Waals surface area contributed by atoms with E-state index in [9.17, 15) is 9.59 Å². The van der Waals surface area contributed by atoms with Gasteiger partial charge in [-0.2, -0.15) is 0 Å². The molecule has 0 saturated heterocycles. The Balaban J connectivity index is 1.49. The molecule has 0 amide bonds. The van der Waals surface area contributed by atoms with Gasteiger partial charge in [0, 0.05) is 5.56 Å². The van der Waals surface area contributed by atoms with Crippen molar-refractivity contribution in [3.8, 4) is 5.75 Å². The number of esters is 2. The zero-order chi connectivity index (χ0) is 20.2. The normalized spacial score (nSPS) is 14.4. The largest absolute Gasteiger partial charge is 0.423 e. The van der Waals surface area contributed by atoms with Crippen molar-refractivity contribution in [2.24, 2.45) is 4.99 Å². The van der Waals surface area contributed by atoms with Crippen molar-refractivity contribution in [1.82, 2.24) is 0 Å². The number of aliphatic imine (C=N–C) groups is 1. The summed E-state index contributed by atoms with van der Waals surface area (Å²) in [6, 6.07) is 23.3. The van der Waals surface area contributed by atoms with E-state index in [2.05, 4.69) is 4.99 Å². The molecule has 0 bridgehead atoms. The highest BCUT2D eigenvalue weighted by Crippen LogP contribution is 2.21. The Morgan fingerprint density at radius 3 is 2.34 bits per heavy atom. The van der Waals surface area contributed by atoms with Crippen molar-refractivity contribution >= 4 is 23.9 Å². The fourth-order valence-electron chi connectivity index (χ4n) is 2.87. The maximum atomic E-state index is 12.3. The maximum Gasteiger partial charge on any atom is 0.363 e. The van der Waals surface area contributed by atoms with Gasteiger partial charge in [0.15, 0.2) is 5.70 Å². The van der Waals surface area contributed by atoms with E-state index in [0.717, 1.165) is 16.7 Å². The standard InChI is InChI=1S/C24H17NO4/c1-16-7-5-6-10-20(16)23(26)28-19-13-11-17(12-14-19)15-21-24(27)29-22(25-21)18-8-3-2-4-9-18/h2-15H,1H3/b21-15-. The van der Waals surface area contributed by atoms with Gasteiger partial charge < -0.3 is 9.47 Å². The van der Waals surface area contributed by atoms with Crippen molar-refractivity contribution in [3.63, 3.8) is 0 Å². The molecule has 1 aliphatic rings. The van der Waals surface area contributed by atoms with Crippen LogP contribution in [0.2, 0.25) is 0 Å². The first-order valence-electron chi connectivity index (χ1n) is 9.06. The molecular weight excluding hydrogens is 366 g/mol. The molecule has 5 heteroatoms. The molecule has 0 radical (unpaired) electrons. The molecule has 3 aromatic rings. The summed E-state index contributed by atoms with van der Waals surface area (Å²) in [5.74, 6) is -0.210. The minimum Gasteiger partial charge on any atom is -0.423 e. The van der Waals surface area contributed by atoms with Gasteiger partial charge >= 0.3 is 11.9 Å². The van der Waals surface area contributed by atoms with Gasteiger partial charge in [-0.25, -0.2) is 14.6 Å². The van der Waals surface area contributed by atoms with Crippen LogP contribution in [0.5, 0.6) is 5.75 Å². The molecule has 0 N–H and O–H groups in total. The summed E-state index contributed by atoms with van der Waals surface area (Å²) in [6.45, 7) is 1.86. The quantitative estimate of drug-likeness (QED) is 0.376. The molecule has 0 spiro atoms. The van der Waals surface area contributed by atoms with Crippen LogP contribution in [0.25, 0.3) is 6.08 Å². The van der Waals surface area contributed by atoms with Crippen LogP contribution >= 0.6 is 0 Å². The highest BCUT2D eigenvalue weighted by atomic mass is 16.6. The van der Waals surface area contributed by atoms with Gasteiger partial charge in [-0.3, -0.25) is 0 Å². The number of nitrogens with zero attached hydrogens (tertiary/aromatic N) is 1. The molecule has 0 atom stereocenters. The Morgan fingerprint density at radius 2 is 1.62 bits per heavy atom. The smallest absolute Gasteiger partial charge is 0.363 e. The van der Waals surface area contributed by atoms with Crippen LogP contribution in [0.4, 0.5) is 0 Å². The monoisotopic (exact) mass is 383 g/mol. The third kappa shape index (κ3) is 4.14. The Kier molecular flexibility index (Phi) is 5.03. The molecule has 5 nitrogen and oxygen atoms in total. The second-order valence-corrected chi connectivity index (χ2v) is 6.48. The van der Waals surface area contributed by atoms with Gasteiger partial charge in [0.05, 0.1) is 5.56 Å². The molecular formula is C24H17NO4. The minimum absolute atomic E-state index is 0.216. The van der Waals surface area contributed by atoms with Crippen LogP contribution in [0.15, 0.2) is 89.6 Å². The Hall–Kier alpha value is -3.99. The van der Waals surface area contributed by atoms with Crippen molar-refractivity contribution in [1.29, 1.82) is 0 Å². The van der Waals surface area contributed by atoms with E-state index in [-0.39, 0.29) is 11.6 Å². The lowest BCUT2D eigenvalue weighted by molar-refractivity contribution is -0.129. The molecule has 29 heavy (non-hydrogen) atoms. The number of ether oxygens (including phenoxy) is 2. The summed E-state index contributed by atoms with van der Waals surface area (Å²) in [5.41, 5.74) is 3.07. The van der Waals surface area contributed by atoms with E-state index in [1.54, 1.807) is 42.5 Å². The summed E-state index contributed by atoms with van der Waals surface area (Å²) < 4.78 is 10.7. The highest BCUT2D eigenvalue weighted by Gasteiger charge is 2.23. The van der Waals surface area contributed by atoms with Gasteiger partial charge in [0.2, 0.25) is 5.90 Å². The third-order valence-electron chi connectivity index (χ3n) is 4.40. The first-order valence-corrected chi connectivity index (χ1v) is 9.06. The summed E-state index contributed by atoms with van der Waals surface area (Å²) in [4.78, 5) is 28.7. The number of carbonyl (C=O) groups excluding carboxylic acids is 2. The molecule has 0 unspecified atom stereocenters. The van der Waals surface area contributed by atoms with Gasteiger partial charge in [0.25, 0.3) is 0 Å². The van der Waals surface area contributed by atoms with Crippen LogP contribution in [-0.4, -0.2) is 17.8 Å². The Labute approximate surface area is 167 Å². The van der Waals surface area contributed by atoms with Gasteiger partial charge in [-0.1, -0.05) is 48.5 Å². The zero-order valence-corrected chi connectivity index (χ0v) is 15.7. The highest BCUT2D eigenvalue weighted by molar-refractivity contribution is 6.12. The van der Waals surface area contributed by atoms with Crippen molar-refractivity contribution < 1.29 is 19.1 Å². The predicted molar refractivity (Wildman–Crippen MR) is 110 cm³/mol. The number of rotatable bonds is 4. The van der Waals surface area contributed by atoms with Crippen molar-refractivity contribution in [3.05, 3.63) is 107 Å². The second-order valence-electron chi connectivity index (χ2n) is 6.48. The topological polar surface area (TPSA) is 65.0 Å². The van der Waals surface area contributed by atoms with Crippen LogP contribution in [0, 0.1) is 6.92 Å². The molecule has 0 fully saturated rings. The molecule has 0 aliphatic carbocycles. The van der Waals surface area contributed by atoms with Crippen LogP contribution in [-0.2, 0) is 9.53 Å². The van der Waals surface area contributed by atoms with Crippen molar-refractivity contribution in [2.75, 3.05) is 0 Å². The first kappa shape index (κ1) is 18.4. The SMILES string of the molecule is Cc1ccccc1C(=O)Oc1ccc(/C=C2\N=C(c3ccccc3)OC2=O)cc1. The molecule has 0 aromatic heterocycles. The third-order valence-corrected chi connectivity index (χ3v) is 4.40. The molecule has 3 aromatic carbocycles. The van der Waals surface area contributed by atoms with E-state index in [1.807, 2.05) is 49.4 Å². The summed E-state index contributed by atoms with van der Waals surface area (Å²) >= 11 is 0. The average Bonchev–Trinajstić information content (AvgIpc) is 3.11. The first-order chi connectivity index (χ1) is 14.1. The van der Waals surface area contributed by atoms with Crippen LogP contribution < -0.4 is 4.74 Å². The fourth-order valence-corrected chi connectivity index (χ4v) is 2.87. The lowest BCUT2D eigenvalue weighted by Gasteiger charge is -2.06. The van der Waals surface area contributed by atoms with Crippen LogP contribution in [0.1, 0.15) is 27.0 Å². The number of hydrogen-bond acceptors (Lipinski definition) is 5. The molecule has 0 saturated carbocycles. The van der Waals surface area contributed by atoms with E-state index in [0.29, 0.717) is 11.3 Å². The lowest BCUT2D eigenvalue weighted by atomic mass is 10.1. The summed E-state index contributed by atoms with van der Waals surface area (Å²) in [6.07, 6.45) is 1.63. The second kappa shape index (κ2) is 7.94. The Morgan fingerprint density at radius 1 is 0.931 bits per heavy atom. The zero-order valence-electron chi connectivity index (χ0n) is 15.7. The van der Waals surface area contributed by atoms with Gasteiger partial charge in [-0.05, 0) is 54.5 Å². The van der Waals surface area contributed by atoms with E-state index < -0.39 is 11.9 Å². The van der Waals surface area contributed by atoms with E-state index in [4.69, 9.17) is 9.47 Å². The lowest BCUT2D eigenvalue weighted by Crippen LogP contribution is -2.09. The van der Waals surface area contributed by atoms with Crippen molar-refractivity contribution in [2.45, 2.75) is 6.92 Å². The minimum atomic E-state index is -0.501. The molecule has 1 aliphatic heterocycles. The maximum absolute atomic E-state index is 12.3. The molecule has 1 heterocycles. The van der Waals surface area contributed by atoms with E-state index in [1.165, 1.54) is 0 Å². The van der Waals surface area contributed by atoms with Gasteiger partial charge in [0.1, 0.15) is 5.75 Å². The summed E-state index contributed by atoms with van der Waals surface area (Å²) in [5, 5.41) is 0. The van der Waals surface area contributed by atoms with Crippen LogP contribution in [0.3, 0.4) is 0 Å². The number of hydrogen-bond donors (Lipinski definition) is 0. The number of aryl methyl sites for hydroxylation is 1. The number of cyclic esters (lactones) is 1. The fraction of sp³-hybridized carbons (Fsp3) is 0.0417. The summed E-state index contributed by atoms with van der Waals surface area (Å²) in [7, 11) is 0. The van der Waals surface area contributed by atoms with E-state index >= 15 is 0 Å². The number of carbonyl (C=O) groups is 2. The average molecular weight is 383 g/mol. The molecule has 142 valence electrons.